The summed E-state index contributed by atoms with van der Waals surface area (Å²) in [6.07, 6.45) is 1.57. The zero-order chi connectivity index (χ0) is 7.56. The Kier molecular flexibility index (Phi) is 1.97. The van der Waals surface area contributed by atoms with Crippen molar-refractivity contribution in [1.82, 2.24) is 9.97 Å². The van der Waals surface area contributed by atoms with Crippen molar-refractivity contribution in [2.24, 2.45) is 0 Å². The van der Waals surface area contributed by atoms with Crippen molar-refractivity contribution < 1.29 is 0 Å². The maximum atomic E-state index is 8.47. The van der Waals surface area contributed by atoms with Gasteiger partial charge in [-0.2, -0.15) is 5.26 Å². The Morgan fingerprint density at radius 2 is 2.40 bits per heavy atom. The summed E-state index contributed by atoms with van der Waals surface area (Å²) in [5.74, 6) is 0.611. The molecule has 1 aromatic heterocycles. The lowest BCUT2D eigenvalue weighted by molar-refractivity contribution is 1.02. The van der Waals surface area contributed by atoms with Gasteiger partial charge in [-0.05, 0) is 22.9 Å². The minimum absolute atomic E-state index is 0.382. The summed E-state index contributed by atoms with van der Waals surface area (Å²) in [4.78, 5) is 7.75. The van der Waals surface area contributed by atoms with Crippen LogP contribution in [0.15, 0.2) is 10.7 Å². The molecule has 0 saturated heterocycles. The fraction of sp³-hybridized carbons (Fsp3) is 0.167. The molecule has 0 spiro atoms. The standard InChI is InChI=1S/C6H4BrN3/c1-4-9-3-5(7)6(2-8)10-4/h3H,1H3. The molecule has 0 amide bonds. The van der Waals surface area contributed by atoms with Gasteiger partial charge in [0.15, 0.2) is 5.69 Å². The van der Waals surface area contributed by atoms with Gasteiger partial charge in [0.25, 0.3) is 0 Å². The summed E-state index contributed by atoms with van der Waals surface area (Å²) in [5, 5.41) is 8.47. The highest BCUT2D eigenvalue weighted by atomic mass is 79.9. The van der Waals surface area contributed by atoms with Crippen LogP contribution in [0, 0.1) is 18.3 Å². The first-order valence-electron chi connectivity index (χ1n) is 2.63. The van der Waals surface area contributed by atoms with Gasteiger partial charge in [0, 0.05) is 6.20 Å². The average Bonchev–Trinajstić information content (AvgIpc) is 1.94. The molecule has 0 bridgehead atoms. The molecule has 0 aliphatic carbocycles. The first-order chi connectivity index (χ1) is 4.74. The Hall–Kier alpha value is -0.950. The quantitative estimate of drug-likeness (QED) is 0.633. The molecule has 0 radical (unpaired) electrons. The molecule has 0 unspecified atom stereocenters. The zero-order valence-electron chi connectivity index (χ0n) is 5.30. The van der Waals surface area contributed by atoms with Crippen LogP contribution in [-0.2, 0) is 0 Å². The molecular weight excluding hydrogens is 194 g/mol. The lowest BCUT2D eigenvalue weighted by Gasteiger charge is -1.92. The van der Waals surface area contributed by atoms with Crippen LogP contribution in [0.2, 0.25) is 0 Å². The number of aryl methyl sites for hydroxylation is 1. The number of rotatable bonds is 0. The number of nitrogens with zero attached hydrogens (tertiary/aromatic N) is 3. The van der Waals surface area contributed by atoms with E-state index in [9.17, 15) is 0 Å². The molecular formula is C6H4BrN3. The van der Waals surface area contributed by atoms with Crippen molar-refractivity contribution in [3.8, 4) is 6.07 Å². The summed E-state index contributed by atoms with van der Waals surface area (Å²) in [6.45, 7) is 1.74. The second-order valence-corrected chi connectivity index (χ2v) is 2.58. The van der Waals surface area contributed by atoms with Gasteiger partial charge < -0.3 is 0 Å². The predicted octanol–water partition coefficient (Wildman–Crippen LogP) is 1.42. The molecule has 10 heavy (non-hydrogen) atoms. The molecule has 0 N–H and O–H groups in total. The van der Waals surface area contributed by atoms with Crippen molar-refractivity contribution in [1.29, 1.82) is 5.26 Å². The van der Waals surface area contributed by atoms with Gasteiger partial charge in [0.05, 0.1) is 4.47 Å². The maximum absolute atomic E-state index is 8.47. The smallest absolute Gasteiger partial charge is 0.158 e. The minimum Gasteiger partial charge on any atom is -0.240 e. The first-order valence-corrected chi connectivity index (χ1v) is 3.42. The van der Waals surface area contributed by atoms with Crippen LogP contribution in [-0.4, -0.2) is 9.97 Å². The lowest BCUT2D eigenvalue weighted by Crippen LogP contribution is -1.90. The van der Waals surface area contributed by atoms with E-state index < -0.39 is 0 Å². The van der Waals surface area contributed by atoms with Crippen LogP contribution in [0.25, 0.3) is 0 Å². The third-order valence-corrected chi connectivity index (χ3v) is 1.55. The van der Waals surface area contributed by atoms with E-state index in [4.69, 9.17) is 5.26 Å². The molecule has 0 aromatic carbocycles. The van der Waals surface area contributed by atoms with Crippen molar-refractivity contribution in [2.75, 3.05) is 0 Å². The SMILES string of the molecule is Cc1ncc(Br)c(C#N)n1. The fourth-order valence-corrected chi connectivity index (χ4v) is 0.813. The van der Waals surface area contributed by atoms with E-state index in [-0.39, 0.29) is 0 Å². The van der Waals surface area contributed by atoms with Crippen molar-refractivity contribution in [2.45, 2.75) is 6.92 Å². The van der Waals surface area contributed by atoms with Crippen LogP contribution < -0.4 is 0 Å². The van der Waals surface area contributed by atoms with Crippen molar-refractivity contribution in [3.63, 3.8) is 0 Å². The van der Waals surface area contributed by atoms with Crippen molar-refractivity contribution in [3.05, 3.63) is 22.2 Å². The third-order valence-electron chi connectivity index (χ3n) is 0.970. The summed E-state index contributed by atoms with van der Waals surface area (Å²) in [5.41, 5.74) is 0.382. The van der Waals surface area contributed by atoms with Gasteiger partial charge in [-0.25, -0.2) is 9.97 Å². The molecule has 0 atom stereocenters. The van der Waals surface area contributed by atoms with Gasteiger partial charge >= 0.3 is 0 Å². The van der Waals surface area contributed by atoms with E-state index in [1.807, 2.05) is 6.07 Å². The second kappa shape index (κ2) is 2.76. The predicted molar refractivity (Wildman–Crippen MR) is 39.2 cm³/mol. The molecule has 4 heteroatoms. The largest absolute Gasteiger partial charge is 0.240 e. The molecule has 50 valence electrons. The zero-order valence-corrected chi connectivity index (χ0v) is 6.88. The van der Waals surface area contributed by atoms with Gasteiger partial charge in [0.2, 0.25) is 0 Å². The Morgan fingerprint density at radius 3 is 2.90 bits per heavy atom. The highest BCUT2D eigenvalue weighted by molar-refractivity contribution is 9.10. The molecule has 0 aliphatic heterocycles. The molecule has 1 heterocycles. The third kappa shape index (κ3) is 1.31. The first kappa shape index (κ1) is 7.16. The highest BCUT2D eigenvalue weighted by Crippen LogP contribution is 2.10. The molecule has 1 rings (SSSR count). The molecule has 3 nitrogen and oxygen atoms in total. The van der Waals surface area contributed by atoms with Gasteiger partial charge in [0.1, 0.15) is 11.9 Å². The number of halogens is 1. The summed E-state index contributed by atoms with van der Waals surface area (Å²) >= 11 is 3.14. The maximum Gasteiger partial charge on any atom is 0.158 e. The van der Waals surface area contributed by atoms with E-state index in [2.05, 4.69) is 25.9 Å². The van der Waals surface area contributed by atoms with Gasteiger partial charge in [-0.1, -0.05) is 0 Å². The second-order valence-electron chi connectivity index (χ2n) is 1.73. The van der Waals surface area contributed by atoms with Crippen molar-refractivity contribution >= 4 is 15.9 Å². The van der Waals surface area contributed by atoms with E-state index in [1.54, 1.807) is 13.1 Å². The summed E-state index contributed by atoms with van der Waals surface area (Å²) in [6, 6.07) is 1.94. The lowest BCUT2D eigenvalue weighted by atomic mass is 10.4. The van der Waals surface area contributed by atoms with Gasteiger partial charge in [-0.3, -0.25) is 0 Å². The number of aromatic nitrogens is 2. The normalized spacial score (nSPS) is 8.90. The average molecular weight is 198 g/mol. The van der Waals surface area contributed by atoms with Crippen LogP contribution in [0.4, 0.5) is 0 Å². The summed E-state index contributed by atoms with van der Waals surface area (Å²) in [7, 11) is 0. The van der Waals surface area contributed by atoms with E-state index in [1.165, 1.54) is 0 Å². The van der Waals surface area contributed by atoms with E-state index in [0.717, 1.165) is 0 Å². The van der Waals surface area contributed by atoms with Crippen LogP contribution in [0.3, 0.4) is 0 Å². The van der Waals surface area contributed by atoms with Crippen LogP contribution >= 0.6 is 15.9 Å². The summed E-state index contributed by atoms with van der Waals surface area (Å²) < 4.78 is 0.639. The Labute approximate surface area is 66.9 Å². The molecule has 1 aromatic rings. The topological polar surface area (TPSA) is 49.6 Å². The molecule has 0 saturated carbocycles. The van der Waals surface area contributed by atoms with Crippen LogP contribution in [0.1, 0.15) is 11.5 Å². The number of nitriles is 1. The van der Waals surface area contributed by atoms with E-state index in [0.29, 0.717) is 16.0 Å². The van der Waals surface area contributed by atoms with E-state index >= 15 is 0 Å². The molecule has 0 fully saturated rings. The monoisotopic (exact) mass is 197 g/mol. The fourth-order valence-electron chi connectivity index (χ4n) is 0.534. The Balaban J connectivity index is 3.25. The number of hydrogen-bond donors (Lipinski definition) is 0. The Morgan fingerprint density at radius 1 is 1.70 bits per heavy atom. The minimum atomic E-state index is 0.382. The van der Waals surface area contributed by atoms with Crippen LogP contribution in [0.5, 0.6) is 0 Å². The number of hydrogen-bond acceptors (Lipinski definition) is 3. The molecule has 0 aliphatic rings. The Bertz CT molecular complexity index is 290. The highest BCUT2D eigenvalue weighted by Gasteiger charge is 1.99. The van der Waals surface area contributed by atoms with Gasteiger partial charge in [-0.15, -0.1) is 0 Å².